The van der Waals surface area contributed by atoms with E-state index in [-0.39, 0.29) is 22.6 Å². The lowest BCUT2D eigenvalue weighted by atomic mass is 10.0. The predicted molar refractivity (Wildman–Crippen MR) is 88.1 cm³/mol. The molecule has 1 atom stereocenters. The monoisotopic (exact) mass is 348 g/mol. The fraction of sp³-hybridized carbons (Fsp3) is 0.125. The fourth-order valence-corrected chi connectivity index (χ4v) is 4.49. The fourth-order valence-electron chi connectivity index (χ4n) is 3.00. The van der Waals surface area contributed by atoms with Crippen LogP contribution in [0.15, 0.2) is 42.5 Å². The first-order chi connectivity index (χ1) is 11.0. The van der Waals surface area contributed by atoms with E-state index in [0.717, 1.165) is 5.56 Å². The van der Waals surface area contributed by atoms with Gasteiger partial charge in [-0.15, -0.1) is 11.8 Å². The smallest absolute Gasteiger partial charge is 0.266 e. The standard InChI is InChI=1S/C16H10ClFN2O2S/c17-11-7-9(5-6-12(11)18)20-14(21)8-23-16(20)10-3-1-2-4-13(10)19-15(16)22/h1-7H,8H2,(H,19,22)/t16-/m0/s1. The topological polar surface area (TPSA) is 49.4 Å². The van der Waals surface area contributed by atoms with Crippen molar-refractivity contribution in [2.24, 2.45) is 0 Å². The molecule has 4 nitrogen and oxygen atoms in total. The van der Waals surface area contributed by atoms with Crippen molar-refractivity contribution in [1.82, 2.24) is 0 Å². The lowest BCUT2D eigenvalue weighted by molar-refractivity contribution is -0.122. The first-order valence-electron chi connectivity index (χ1n) is 6.87. The largest absolute Gasteiger partial charge is 0.323 e. The number of hydrogen-bond acceptors (Lipinski definition) is 3. The van der Waals surface area contributed by atoms with E-state index in [1.807, 2.05) is 18.2 Å². The number of para-hydroxylation sites is 1. The Labute approximate surface area is 140 Å². The normalized spacial score (nSPS) is 22.6. The van der Waals surface area contributed by atoms with Gasteiger partial charge in [-0.05, 0) is 24.3 Å². The second kappa shape index (κ2) is 4.97. The third-order valence-corrected chi connectivity index (χ3v) is 5.66. The number of nitrogens with zero attached hydrogens (tertiary/aromatic N) is 1. The summed E-state index contributed by atoms with van der Waals surface area (Å²) >= 11 is 7.10. The Morgan fingerprint density at radius 3 is 2.78 bits per heavy atom. The van der Waals surface area contributed by atoms with Gasteiger partial charge < -0.3 is 5.32 Å². The molecule has 23 heavy (non-hydrogen) atoms. The third-order valence-electron chi connectivity index (χ3n) is 3.98. The zero-order valence-corrected chi connectivity index (χ0v) is 13.2. The minimum Gasteiger partial charge on any atom is -0.323 e. The van der Waals surface area contributed by atoms with Gasteiger partial charge in [-0.2, -0.15) is 0 Å². The number of benzene rings is 2. The molecule has 2 aliphatic rings. The molecule has 0 bridgehead atoms. The van der Waals surface area contributed by atoms with Crippen LogP contribution in [0, 0.1) is 5.82 Å². The highest BCUT2D eigenvalue weighted by atomic mass is 35.5. The Morgan fingerprint density at radius 1 is 1.22 bits per heavy atom. The molecule has 0 unspecified atom stereocenters. The van der Waals surface area contributed by atoms with Crippen molar-refractivity contribution < 1.29 is 14.0 Å². The molecule has 1 N–H and O–H groups in total. The molecule has 0 radical (unpaired) electrons. The van der Waals surface area contributed by atoms with Crippen molar-refractivity contribution in [2.75, 3.05) is 16.0 Å². The maximum Gasteiger partial charge on any atom is 0.266 e. The van der Waals surface area contributed by atoms with Gasteiger partial charge in [0.15, 0.2) is 0 Å². The molecule has 0 aliphatic carbocycles. The average Bonchev–Trinajstić information content (AvgIpc) is 3.02. The van der Waals surface area contributed by atoms with Gasteiger partial charge in [-0.1, -0.05) is 29.8 Å². The van der Waals surface area contributed by atoms with E-state index in [9.17, 15) is 14.0 Å². The molecule has 116 valence electrons. The first kappa shape index (κ1) is 14.5. The van der Waals surface area contributed by atoms with Gasteiger partial charge in [0.05, 0.1) is 10.8 Å². The van der Waals surface area contributed by atoms with Gasteiger partial charge in [-0.3, -0.25) is 14.5 Å². The van der Waals surface area contributed by atoms with E-state index < -0.39 is 10.7 Å². The maximum atomic E-state index is 13.4. The van der Waals surface area contributed by atoms with Crippen molar-refractivity contribution in [1.29, 1.82) is 0 Å². The number of carbonyl (C=O) groups is 2. The highest BCUT2D eigenvalue weighted by Crippen LogP contribution is 2.53. The second-order valence-corrected chi connectivity index (χ2v) is 6.84. The van der Waals surface area contributed by atoms with E-state index in [2.05, 4.69) is 5.32 Å². The lowest BCUT2D eigenvalue weighted by Gasteiger charge is -2.32. The summed E-state index contributed by atoms with van der Waals surface area (Å²) in [5.74, 6) is -0.906. The van der Waals surface area contributed by atoms with E-state index in [0.29, 0.717) is 11.4 Å². The van der Waals surface area contributed by atoms with E-state index in [4.69, 9.17) is 11.6 Å². The van der Waals surface area contributed by atoms with Crippen molar-refractivity contribution in [3.05, 3.63) is 58.9 Å². The number of halogens is 2. The number of carbonyl (C=O) groups excluding carboxylic acids is 2. The van der Waals surface area contributed by atoms with Crippen LogP contribution in [0.25, 0.3) is 0 Å². The Hall–Kier alpha value is -2.05. The molecule has 2 aromatic rings. The lowest BCUT2D eigenvalue weighted by Crippen LogP contribution is -2.47. The number of nitrogens with one attached hydrogen (secondary N) is 1. The molecule has 7 heteroatoms. The van der Waals surface area contributed by atoms with Crippen LogP contribution >= 0.6 is 23.4 Å². The van der Waals surface area contributed by atoms with Gasteiger partial charge >= 0.3 is 0 Å². The zero-order valence-electron chi connectivity index (χ0n) is 11.7. The molecule has 2 aliphatic heterocycles. The van der Waals surface area contributed by atoms with Crippen molar-refractivity contribution >= 4 is 46.6 Å². The van der Waals surface area contributed by atoms with Crippen molar-refractivity contribution in [3.63, 3.8) is 0 Å². The molecule has 2 aromatic carbocycles. The molecule has 1 saturated heterocycles. The Kier molecular flexibility index (Phi) is 3.14. The minimum absolute atomic E-state index is 0.0889. The molecule has 2 amide bonds. The summed E-state index contributed by atoms with van der Waals surface area (Å²) < 4.78 is 13.4. The molecule has 1 spiro atoms. The summed E-state index contributed by atoms with van der Waals surface area (Å²) in [6, 6.07) is 11.3. The van der Waals surface area contributed by atoms with E-state index >= 15 is 0 Å². The third kappa shape index (κ3) is 1.91. The second-order valence-electron chi connectivity index (χ2n) is 5.26. The summed E-state index contributed by atoms with van der Waals surface area (Å²) in [7, 11) is 0. The quantitative estimate of drug-likeness (QED) is 0.859. The number of thioether (sulfide) groups is 1. The average molecular weight is 349 g/mol. The van der Waals surface area contributed by atoms with Crippen molar-refractivity contribution in [3.8, 4) is 0 Å². The Balaban J connectivity index is 1.93. The van der Waals surface area contributed by atoms with Gasteiger partial charge in [0.1, 0.15) is 5.82 Å². The molecule has 2 heterocycles. The van der Waals surface area contributed by atoms with Gasteiger partial charge in [0.25, 0.3) is 5.91 Å². The van der Waals surface area contributed by atoms with Crippen LogP contribution in [0.5, 0.6) is 0 Å². The molecule has 4 rings (SSSR count). The Morgan fingerprint density at radius 2 is 2.00 bits per heavy atom. The number of rotatable bonds is 1. The number of amides is 2. The zero-order chi connectivity index (χ0) is 16.2. The molecule has 1 fully saturated rings. The first-order valence-corrected chi connectivity index (χ1v) is 8.23. The molecular weight excluding hydrogens is 339 g/mol. The van der Waals surface area contributed by atoms with Crippen LogP contribution in [0.3, 0.4) is 0 Å². The minimum atomic E-state index is -1.17. The van der Waals surface area contributed by atoms with Crippen LogP contribution in [-0.2, 0) is 14.5 Å². The highest BCUT2D eigenvalue weighted by molar-refractivity contribution is 8.02. The van der Waals surface area contributed by atoms with Crippen LogP contribution in [-0.4, -0.2) is 17.6 Å². The summed E-state index contributed by atoms with van der Waals surface area (Å²) in [5.41, 5.74) is 1.80. The summed E-state index contributed by atoms with van der Waals surface area (Å²) in [6.45, 7) is 0. The van der Waals surface area contributed by atoms with Crippen LogP contribution in [0.4, 0.5) is 15.8 Å². The predicted octanol–water partition coefficient (Wildman–Crippen LogP) is 3.36. The molecule has 0 saturated carbocycles. The summed E-state index contributed by atoms with van der Waals surface area (Å²) in [4.78, 5) is 25.4. The van der Waals surface area contributed by atoms with Crippen LogP contribution in [0.1, 0.15) is 5.56 Å². The van der Waals surface area contributed by atoms with E-state index in [1.54, 1.807) is 6.07 Å². The van der Waals surface area contributed by atoms with Gasteiger partial charge in [0, 0.05) is 16.9 Å². The van der Waals surface area contributed by atoms with Crippen molar-refractivity contribution in [2.45, 2.75) is 4.87 Å². The molecular formula is C16H10ClFN2O2S. The van der Waals surface area contributed by atoms with E-state index in [1.165, 1.54) is 34.9 Å². The van der Waals surface area contributed by atoms with Crippen LogP contribution in [0.2, 0.25) is 5.02 Å². The summed E-state index contributed by atoms with van der Waals surface area (Å²) in [5, 5.41) is 2.73. The number of hydrogen-bond donors (Lipinski definition) is 1. The number of fused-ring (bicyclic) bond motifs is 2. The number of anilines is 2. The highest BCUT2D eigenvalue weighted by Gasteiger charge is 2.58. The van der Waals surface area contributed by atoms with Crippen LogP contribution < -0.4 is 10.2 Å². The summed E-state index contributed by atoms with van der Waals surface area (Å²) in [6.07, 6.45) is 0. The molecule has 0 aromatic heterocycles. The van der Waals surface area contributed by atoms with Gasteiger partial charge in [-0.25, -0.2) is 4.39 Å². The Bertz CT molecular complexity index is 860. The SMILES string of the molecule is O=C1CS[C@@]2(C(=O)Nc3ccccc32)N1c1ccc(F)c(Cl)c1. The maximum absolute atomic E-state index is 13.4. The van der Waals surface area contributed by atoms with Gasteiger partial charge in [0.2, 0.25) is 10.8 Å².